The lowest BCUT2D eigenvalue weighted by Crippen LogP contribution is -2.44. The maximum absolute atomic E-state index is 9.25. The summed E-state index contributed by atoms with van der Waals surface area (Å²) in [5.74, 6) is 0. The molecule has 0 bridgehead atoms. The predicted molar refractivity (Wildman–Crippen MR) is 61.6 cm³/mol. The summed E-state index contributed by atoms with van der Waals surface area (Å²) >= 11 is 0. The summed E-state index contributed by atoms with van der Waals surface area (Å²) in [5, 5.41) is 12.6. The van der Waals surface area contributed by atoms with Crippen molar-refractivity contribution in [1.82, 2.24) is 10.3 Å². The third-order valence-corrected chi connectivity index (χ3v) is 2.95. The van der Waals surface area contributed by atoms with Gasteiger partial charge in [-0.05, 0) is 31.9 Å². The molecule has 0 saturated heterocycles. The number of aliphatic hydroxyl groups excluding tert-OH is 1. The van der Waals surface area contributed by atoms with Crippen LogP contribution in [0.1, 0.15) is 31.5 Å². The molecule has 1 heterocycles. The quantitative estimate of drug-likeness (QED) is 0.773. The molecule has 0 amide bonds. The van der Waals surface area contributed by atoms with E-state index in [2.05, 4.69) is 23.3 Å². The van der Waals surface area contributed by atoms with E-state index in [4.69, 9.17) is 0 Å². The third-order valence-electron chi connectivity index (χ3n) is 2.95. The first-order valence-electron chi connectivity index (χ1n) is 5.37. The van der Waals surface area contributed by atoms with Gasteiger partial charge in [0.2, 0.25) is 0 Å². The molecule has 84 valence electrons. The Labute approximate surface area is 91.5 Å². The zero-order valence-electron chi connectivity index (χ0n) is 9.75. The highest BCUT2D eigenvalue weighted by molar-refractivity contribution is 5.18. The van der Waals surface area contributed by atoms with E-state index in [1.807, 2.05) is 19.9 Å². The number of hydrogen-bond donors (Lipinski definition) is 2. The van der Waals surface area contributed by atoms with Crippen LogP contribution in [0.3, 0.4) is 0 Å². The monoisotopic (exact) mass is 208 g/mol. The molecule has 3 heteroatoms. The van der Waals surface area contributed by atoms with Crippen LogP contribution in [0.2, 0.25) is 0 Å². The second-order valence-corrected chi connectivity index (χ2v) is 4.17. The topological polar surface area (TPSA) is 45.1 Å². The van der Waals surface area contributed by atoms with E-state index in [-0.39, 0.29) is 12.1 Å². The van der Waals surface area contributed by atoms with E-state index in [9.17, 15) is 5.11 Å². The summed E-state index contributed by atoms with van der Waals surface area (Å²) in [5.41, 5.74) is 2.04. The molecule has 0 aliphatic carbocycles. The average molecular weight is 208 g/mol. The lowest BCUT2D eigenvalue weighted by atomic mass is 10.00. The molecule has 0 aliphatic rings. The number of aliphatic hydroxyl groups is 1. The molecular weight excluding hydrogens is 188 g/mol. The molecule has 0 saturated carbocycles. The number of aromatic nitrogens is 1. The molecule has 15 heavy (non-hydrogen) atoms. The molecule has 0 spiro atoms. The first kappa shape index (κ1) is 12.1. The molecule has 2 N–H and O–H groups in total. The molecular formula is C12H20N2O. The average Bonchev–Trinajstić information content (AvgIpc) is 2.28. The van der Waals surface area contributed by atoms with Gasteiger partial charge in [0.05, 0.1) is 6.61 Å². The summed E-state index contributed by atoms with van der Waals surface area (Å²) in [7, 11) is 0. The van der Waals surface area contributed by atoms with Crippen LogP contribution in [0.15, 0.2) is 18.3 Å². The molecule has 0 aliphatic heterocycles. The van der Waals surface area contributed by atoms with E-state index in [0.29, 0.717) is 0 Å². The maximum atomic E-state index is 9.25. The number of aryl methyl sites for hydroxylation is 1. The van der Waals surface area contributed by atoms with Gasteiger partial charge >= 0.3 is 0 Å². The van der Waals surface area contributed by atoms with E-state index in [1.54, 1.807) is 6.20 Å². The van der Waals surface area contributed by atoms with Crippen LogP contribution in [0.5, 0.6) is 0 Å². The summed E-state index contributed by atoms with van der Waals surface area (Å²) in [6, 6.07) is 4.00. The molecule has 1 aromatic rings. The summed E-state index contributed by atoms with van der Waals surface area (Å²) < 4.78 is 0. The fraction of sp³-hybridized carbons (Fsp3) is 0.583. The first-order chi connectivity index (χ1) is 7.11. The number of pyridine rings is 1. The second-order valence-electron chi connectivity index (χ2n) is 4.17. The van der Waals surface area contributed by atoms with Crippen LogP contribution in [-0.4, -0.2) is 22.2 Å². The summed E-state index contributed by atoms with van der Waals surface area (Å²) in [4.78, 5) is 4.23. The predicted octanol–water partition coefficient (Wildman–Crippen LogP) is 1.64. The highest BCUT2D eigenvalue weighted by atomic mass is 16.3. The smallest absolute Gasteiger partial charge is 0.0610 e. The van der Waals surface area contributed by atoms with Crippen molar-refractivity contribution in [2.75, 3.05) is 6.61 Å². The van der Waals surface area contributed by atoms with Gasteiger partial charge in [-0.3, -0.25) is 4.98 Å². The van der Waals surface area contributed by atoms with Crippen LogP contribution in [0.25, 0.3) is 0 Å². The largest absolute Gasteiger partial charge is 0.394 e. The van der Waals surface area contributed by atoms with Gasteiger partial charge in [-0.25, -0.2) is 0 Å². The number of nitrogens with one attached hydrogen (secondary N) is 1. The van der Waals surface area contributed by atoms with Crippen molar-refractivity contribution in [3.05, 3.63) is 29.6 Å². The molecule has 0 radical (unpaired) electrons. The van der Waals surface area contributed by atoms with E-state index in [1.165, 1.54) is 5.56 Å². The van der Waals surface area contributed by atoms with Crippen LogP contribution >= 0.6 is 0 Å². The van der Waals surface area contributed by atoms with Crippen LogP contribution in [-0.2, 0) is 6.54 Å². The lowest BCUT2D eigenvalue weighted by Gasteiger charge is -2.27. The normalized spacial score (nSPS) is 14.9. The van der Waals surface area contributed by atoms with Crippen LogP contribution in [0, 0.1) is 6.92 Å². The van der Waals surface area contributed by atoms with Crippen molar-refractivity contribution in [2.45, 2.75) is 39.3 Å². The Morgan fingerprint density at radius 2 is 2.27 bits per heavy atom. The van der Waals surface area contributed by atoms with Crippen LogP contribution < -0.4 is 5.32 Å². The minimum absolute atomic E-state index is 0.156. The van der Waals surface area contributed by atoms with Gasteiger partial charge < -0.3 is 10.4 Å². The van der Waals surface area contributed by atoms with Gasteiger partial charge in [0.15, 0.2) is 0 Å². The fourth-order valence-electron chi connectivity index (χ4n) is 1.31. The van der Waals surface area contributed by atoms with Gasteiger partial charge in [0.1, 0.15) is 0 Å². The van der Waals surface area contributed by atoms with Gasteiger partial charge in [0, 0.05) is 24.0 Å². The van der Waals surface area contributed by atoms with E-state index in [0.717, 1.165) is 18.7 Å². The molecule has 0 aromatic carbocycles. The van der Waals surface area contributed by atoms with E-state index < -0.39 is 0 Å². The highest BCUT2D eigenvalue weighted by Crippen LogP contribution is 2.10. The number of hydrogen-bond acceptors (Lipinski definition) is 3. The Morgan fingerprint density at radius 3 is 2.80 bits per heavy atom. The standard InChI is InChI=1S/C12H20N2O/c1-4-12(3,9-15)14-8-11-6-5-7-13-10(11)2/h5-7,14-15H,4,8-9H2,1-3H3. The minimum atomic E-state index is -0.192. The number of rotatable bonds is 5. The van der Waals surface area contributed by atoms with Gasteiger partial charge in [-0.2, -0.15) is 0 Å². The zero-order valence-corrected chi connectivity index (χ0v) is 9.75. The molecule has 1 atom stereocenters. The zero-order chi connectivity index (χ0) is 11.3. The highest BCUT2D eigenvalue weighted by Gasteiger charge is 2.19. The second kappa shape index (κ2) is 5.24. The van der Waals surface area contributed by atoms with Gasteiger partial charge in [-0.1, -0.05) is 13.0 Å². The van der Waals surface area contributed by atoms with Crippen molar-refractivity contribution in [3.63, 3.8) is 0 Å². The Balaban J connectivity index is 2.61. The Hall–Kier alpha value is -0.930. The minimum Gasteiger partial charge on any atom is -0.394 e. The summed E-state index contributed by atoms with van der Waals surface area (Å²) in [6.45, 7) is 7.00. The SMILES string of the molecule is CCC(C)(CO)NCc1cccnc1C. The van der Waals surface area contributed by atoms with Crippen LogP contribution in [0.4, 0.5) is 0 Å². The Bertz CT molecular complexity index is 308. The van der Waals surface area contributed by atoms with Gasteiger partial charge in [0.25, 0.3) is 0 Å². The van der Waals surface area contributed by atoms with Gasteiger partial charge in [-0.15, -0.1) is 0 Å². The molecule has 0 fully saturated rings. The summed E-state index contributed by atoms with van der Waals surface area (Å²) in [6.07, 6.45) is 2.70. The van der Waals surface area contributed by atoms with Crippen molar-refractivity contribution in [1.29, 1.82) is 0 Å². The first-order valence-corrected chi connectivity index (χ1v) is 5.37. The molecule has 1 rings (SSSR count). The third kappa shape index (κ3) is 3.29. The fourth-order valence-corrected chi connectivity index (χ4v) is 1.31. The lowest BCUT2D eigenvalue weighted by molar-refractivity contribution is 0.169. The number of nitrogens with zero attached hydrogens (tertiary/aromatic N) is 1. The van der Waals surface area contributed by atoms with Crippen molar-refractivity contribution < 1.29 is 5.11 Å². The molecule has 1 aromatic heterocycles. The van der Waals surface area contributed by atoms with E-state index >= 15 is 0 Å². The maximum Gasteiger partial charge on any atom is 0.0610 e. The van der Waals surface area contributed by atoms with Crippen molar-refractivity contribution in [3.8, 4) is 0 Å². The Kier molecular flexibility index (Phi) is 4.24. The molecule has 3 nitrogen and oxygen atoms in total. The van der Waals surface area contributed by atoms with Crippen molar-refractivity contribution in [2.24, 2.45) is 0 Å². The van der Waals surface area contributed by atoms with Crippen molar-refractivity contribution >= 4 is 0 Å². The molecule has 1 unspecified atom stereocenters. The Morgan fingerprint density at radius 1 is 1.53 bits per heavy atom.